The normalized spacial score (nSPS) is 19.3. The summed E-state index contributed by atoms with van der Waals surface area (Å²) < 4.78 is 5.35. The summed E-state index contributed by atoms with van der Waals surface area (Å²) in [6, 6.07) is 13.2. The Balaban J connectivity index is 1.84. The molecular formula is C26H27N3O5. The number of non-ortho nitro benzene ring substituents is 1. The summed E-state index contributed by atoms with van der Waals surface area (Å²) in [4.78, 5) is 38.0. The molecule has 2 aromatic carbocycles. The van der Waals surface area contributed by atoms with Crippen LogP contribution in [0.2, 0.25) is 0 Å². The number of ketones is 1. The molecular weight excluding hydrogens is 434 g/mol. The van der Waals surface area contributed by atoms with Crippen molar-refractivity contribution in [2.75, 3.05) is 12.4 Å². The molecule has 2 N–H and O–H groups in total. The molecule has 2 aromatic rings. The lowest BCUT2D eigenvalue weighted by atomic mass is 9.68. The van der Waals surface area contributed by atoms with Gasteiger partial charge in [0.2, 0.25) is 0 Å². The van der Waals surface area contributed by atoms with Crippen LogP contribution >= 0.6 is 0 Å². The second-order valence-corrected chi connectivity index (χ2v) is 9.44. The van der Waals surface area contributed by atoms with Gasteiger partial charge in [0.1, 0.15) is 5.75 Å². The smallest absolute Gasteiger partial charge is 0.269 e. The van der Waals surface area contributed by atoms with E-state index >= 15 is 0 Å². The van der Waals surface area contributed by atoms with Crippen molar-refractivity contribution in [1.29, 1.82) is 0 Å². The number of allylic oxidation sites excluding steroid dienone is 3. The lowest BCUT2D eigenvalue weighted by Crippen LogP contribution is -2.39. The number of anilines is 1. The Labute approximate surface area is 197 Å². The topological polar surface area (TPSA) is 111 Å². The average molecular weight is 462 g/mol. The first-order valence-electron chi connectivity index (χ1n) is 11.0. The Morgan fingerprint density at radius 3 is 2.62 bits per heavy atom. The molecule has 1 amide bonds. The predicted molar refractivity (Wildman–Crippen MR) is 128 cm³/mol. The van der Waals surface area contributed by atoms with E-state index in [0.29, 0.717) is 46.7 Å². The number of para-hydroxylation sites is 2. The van der Waals surface area contributed by atoms with E-state index in [2.05, 4.69) is 10.6 Å². The number of rotatable bonds is 5. The molecule has 0 aromatic heterocycles. The van der Waals surface area contributed by atoms with Crippen LogP contribution < -0.4 is 15.4 Å². The maximum Gasteiger partial charge on any atom is 0.269 e. The van der Waals surface area contributed by atoms with E-state index in [-0.39, 0.29) is 16.9 Å². The molecule has 4 rings (SSSR count). The first kappa shape index (κ1) is 23.2. The van der Waals surface area contributed by atoms with E-state index in [1.54, 1.807) is 43.3 Å². The Hall–Kier alpha value is -3.94. The van der Waals surface area contributed by atoms with Crippen LogP contribution in [0.4, 0.5) is 11.4 Å². The molecule has 1 aliphatic carbocycles. The fourth-order valence-corrected chi connectivity index (χ4v) is 4.83. The van der Waals surface area contributed by atoms with E-state index in [1.165, 1.54) is 19.2 Å². The van der Waals surface area contributed by atoms with Crippen LogP contribution in [-0.2, 0) is 9.59 Å². The third-order valence-corrected chi connectivity index (χ3v) is 6.25. The molecule has 0 radical (unpaired) electrons. The predicted octanol–water partition coefficient (Wildman–Crippen LogP) is 4.85. The second kappa shape index (κ2) is 8.78. The Bertz CT molecular complexity index is 1260. The van der Waals surface area contributed by atoms with Crippen molar-refractivity contribution >= 4 is 23.1 Å². The van der Waals surface area contributed by atoms with Gasteiger partial charge >= 0.3 is 0 Å². The number of nitro benzene ring substituents is 1. The lowest BCUT2D eigenvalue weighted by molar-refractivity contribution is -0.384. The number of hydrogen-bond acceptors (Lipinski definition) is 6. The average Bonchev–Trinajstić information content (AvgIpc) is 2.77. The van der Waals surface area contributed by atoms with Crippen LogP contribution in [0.3, 0.4) is 0 Å². The Kier molecular flexibility index (Phi) is 6.00. The van der Waals surface area contributed by atoms with Crippen molar-refractivity contribution in [3.8, 4) is 5.75 Å². The van der Waals surface area contributed by atoms with Gasteiger partial charge in [0, 0.05) is 47.0 Å². The zero-order valence-electron chi connectivity index (χ0n) is 19.6. The van der Waals surface area contributed by atoms with Crippen LogP contribution in [0.25, 0.3) is 0 Å². The van der Waals surface area contributed by atoms with Crippen molar-refractivity contribution < 1.29 is 19.2 Å². The summed E-state index contributed by atoms with van der Waals surface area (Å²) in [6.07, 6.45) is 0.970. The van der Waals surface area contributed by atoms with Crippen LogP contribution in [0.1, 0.15) is 45.1 Å². The molecule has 1 atom stereocenters. The number of nitro groups is 1. The molecule has 1 aliphatic heterocycles. The van der Waals surface area contributed by atoms with Gasteiger partial charge in [0.25, 0.3) is 11.6 Å². The van der Waals surface area contributed by atoms with Crippen LogP contribution in [0.5, 0.6) is 5.75 Å². The molecule has 0 bridgehead atoms. The van der Waals surface area contributed by atoms with Crippen molar-refractivity contribution in [2.45, 2.75) is 39.5 Å². The van der Waals surface area contributed by atoms with Gasteiger partial charge in [0.05, 0.1) is 17.7 Å². The number of dihydropyridines is 1. The standard InChI is InChI=1S/C26H27N3O5/c1-15-22(25(31)28-18-10-5-6-11-21(18)34-4)23(16-8-7-9-17(12-16)29(32)33)24-19(27-15)13-26(2,3)14-20(24)30/h5-12,23,27H,13-14H2,1-4H3,(H,28,31)/t23-/m1/s1. The highest BCUT2D eigenvalue weighted by atomic mass is 16.6. The Morgan fingerprint density at radius 1 is 1.18 bits per heavy atom. The number of methoxy groups -OCH3 is 1. The molecule has 0 fully saturated rings. The molecule has 8 nitrogen and oxygen atoms in total. The minimum absolute atomic E-state index is 0.0645. The van der Waals surface area contributed by atoms with Gasteiger partial charge in [-0.2, -0.15) is 0 Å². The second-order valence-electron chi connectivity index (χ2n) is 9.44. The van der Waals surface area contributed by atoms with Crippen molar-refractivity contribution in [2.24, 2.45) is 5.41 Å². The molecule has 0 saturated carbocycles. The molecule has 34 heavy (non-hydrogen) atoms. The van der Waals surface area contributed by atoms with Gasteiger partial charge in [-0.25, -0.2) is 0 Å². The molecule has 8 heteroatoms. The number of hydrogen-bond donors (Lipinski definition) is 2. The lowest BCUT2D eigenvalue weighted by Gasteiger charge is -2.39. The first-order chi connectivity index (χ1) is 16.1. The monoisotopic (exact) mass is 461 g/mol. The quantitative estimate of drug-likeness (QED) is 0.487. The number of nitrogens with zero attached hydrogens (tertiary/aromatic N) is 1. The molecule has 1 heterocycles. The fraction of sp³-hybridized carbons (Fsp3) is 0.308. The van der Waals surface area contributed by atoms with Crippen molar-refractivity contribution in [1.82, 2.24) is 5.32 Å². The van der Waals surface area contributed by atoms with Crippen LogP contribution in [0.15, 0.2) is 71.1 Å². The van der Waals surface area contributed by atoms with Gasteiger partial charge in [0.15, 0.2) is 5.78 Å². The zero-order chi connectivity index (χ0) is 24.6. The van der Waals surface area contributed by atoms with Crippen molar-refractivity contribution in [3.05, 3.63) is 86.7 Å². The highest BCUT2D eigenvalue weighted by Crippen LogP contribution is 2.47. The summed E-state index contributed by atoms with van der Waals surface area (Å²) >= 11 is 0. The summed E-state index contributed by atoms with van der Waals surface area (Å²) in [7, 11) is 1.52. The number of carbonyl (C=O) groups is 2. The number of benzene rings is 2. The third kappa shape index (κ3) is 4.31. The molecule has 176 valence electrons. The van der Waals surface area contributed by atoms with Gasteiger partial charge in [-0.05, 0) is 36.5 Å². The molecule has 2 aliphatic rings. The largest absolute Gasteiger partial charge is 0.495 e. The van der Waals surface area contributed by atoms with Gasteiger partial charge in [-0.3, -0.25) is 19.7 Å². The zero-order valence-corrected chi connectivity index (χ0v) is 19.6. The van der Waals surface area contributed by atoms with Gasteiger partial charge in [-0.1, -0.05) is 38.1 Å². The molecule has 0 unspecified atom stereocenters. The number of nitrogens with one attached hydrogen (secondary N) is 2. The maximum absolute atomic E-state index is 13.6. The van der Waals surface area contributed by atoms with E-state index in [9.17, 15) is 19.7 Å². The number of carbonyl (C=O) groups excluding carboxylic acids is 2. The number of amides is 1. The number of Topliss-reactive ketones (excluding diaryl/α,β-unsaturated/α-hetero) is 1. The minimum Gasteiger partial charge on any atom is -0.495 e. The SMILES string of the molecule is COc1ccccc1NC(=O)C1=C(C)NC2=C(C(=O)CC(C)(C)C2)[C@@H]1c1cccc([N+](=O)[O-])c1. The van der Waals surface area contributed by atoms with Gasteiger partial charge < -0.3 is 15.4 Å². The van der Waals surface area contributed by atoms with E-state index in [1.807, 2.05) is 13.8 Å². The highest BCUT2D eigenvalue weighted by molar-refractivity contribution is 6.10. The van der Waals surface area contributed by atoms with Crippen LogP contribution in [-0.4, -0.2) is 23.7 Å². The molecule has 0 spiro atoms. The maximum atomic E-state index is 13.6. The molecule has 0 saturated heterocycles. The fourth-order valence-electron chi connectivity index (χ4n) is 4.83. The highest BCUT2D eigenvalue weighted by Gasteiger charge is 2.43. The summed E-state index contributed by atoms with van der Waals surface area (Å²) in [5, 5.41) is 17.7. The van der Waals surface area contributed by atoms with E-state index < -0.39 is 16.7 Å². The van der Waals surface area contributed by atoms with E-state index in [4.69, 9.17) is 4.74 Å². The summed E-state index contributed by atoms with van der Waals surface area (Å²) in [6.45, 7) is 5.85. The summed E-state index contributed by atoms with van der Waals surface area (Å²) in [5.74, 6) is -0.699. The summed E-state index contributed by atoms with van der Waals surface area (Å²) in [5.41, 5.74) is 2.91. The van der Waals surface area contributed by atoms with E-state index in [0.717, 1.165) is 5.70 Å². The third-order valence-electron chi connectivity index (χ3n) is 6.25. The first-order valence-corrected chi connectivity index (χ1v) is 11.0. The van der Waals surface area contributed by atoms with Crippen molar-refractivity contribution in [3.63, 3.8) is 0 Å². The Morgan fingerprint density at radius 2 is 1.91 bits per heavy atom. The van der Waals surface area contributed by atoms with Gasteiger partial charge in [-0.15, -0.1) is 0 Å². The minimum atomic E-state index is -0.727. The number of ether oxygens (including phenoxy) is 1. The van der Waals surface area contributed by atoms with Crippen LogP contribution in [0, 0.1) is 15.5 Å².